The Kier molecular flexibility index (Phi) is 4.09. The highest BCUT2D eigenvalue weighted by Crippen LogP contribution is 2.15. The van der Waals surface area contributed by atoms with Crippen LogP contribution in [0.3, 0.4) is 0 Å². The summed E-state index contributed by atoms with van der Waals surface area (Å²) in [5.74, 6) is -0.915. The van der Waals surface area contributed by atoms with Crippen molar-refractivity contribution in [2.75, 3.05) is 5.32 Å². The minimum atomic E-state index is -0.621. The maximum absolute atomic E-state index is 11.5. The van der Waals surface area contributed by atoms with Crippen LogP contribution < -0.4 is 5.32 Å². The van der Waals surface area contributed by atoms with Crippen molar-refractivity contribution in [3.8, 4) is 6.07 Å². The molecule has 0 saturated heterocycles. The first kappa shape index (κ1) is 12.3. The molecule has 1 aromatic rings. The molecule has 5 heteroatoms. The first-order valence-electron chi connectivity index (χ1n) is 4.41. The van der Waals surface area contributed by atoms with Gasteiger partial charge in [-0.2, -0.15) is 5.26 Å². The lowest BCUT2D eigenvalue weighted by molar-refractivity contribution is -0.112. The molecular weight excluding hydrogens is 272 g/mol. The van der Waals surface area contributed by atoms with Gasteiger partial charge in [-0.1, -0.05) is 15.9 Å². The standard InChI is InChI=1S/C11H9BrN2O2/c1-7(15)10(6-13)11(16)14-9-4-2-8(12)3-5-9/h2-5,15H,1H3,(H,14,16)/b10-7-. The molecule has 2 N–H and O–H groups in total. The first-order chi connectivity index (χ1) is 7.54. The molecule has 1 amide bonds. The molecule has 0 aliphatic carbocycles. The lowest BCUT2D eigenvalue weighted by atomic mass is 10.2. The van der Waals surface area contributed by atoms with Crippen molar-refractivity contribution in [2.24, 2.45) is 0 Å². The molecule has 0 aromatic heterocycles. The van der Waals surface area contributed by atoms with Crippen molar-refractivity contribution in [1.29, 1.82) is 5.26 Å². The summed E-state index contributed by atoms with van der Waals surface area (Å²) in [5, 5.41) is 20.2. The SMILES string of the molecule is C/C(O)=C(\C#N)C(=O)Nc1ccc(Br)cc1. The molecule has 4 nitrogen and oxygen atoms in total. The molecule has 0 aliphatic rings. The molecule has 0 aliphatic heterocycles. The minimum Gasteiger partial charge on any atom is -0.511 e. The van der Waals surface area contributed by atoms with Gasteiger partial charge in [-0.05, 0) is 31.2 Å². The highest BCUT2D eigenvalue weighted by molar-refractivity contribution is 9.10. The van der Waals surface area contributed by atoms with Gasteiger partial charge in [-0.3, -0.25) is 4.79 Å². The molecule has 0 saturated carbocycles. The van der Waals surface area contributed by atoms with Crippen molar-refractivity contribution in [2.45, 2.75) is 6.92 Å². The summed E-state index contributed by atoms with van der Waals surface area (Å²) in [7, 11) is 0. The number of halogens is 1. The second-order valence-electron chi connectivity index (χ2n) is 3.03. The third-order valence-corrected chi connectivity index (χ3v) is 2.33. The van der Waals surface area contributed by atoms with E-state index in [2.05, 4.69) is 21.2 Å². The van der Waals surface area contributed by atoms with Crippen LogP contribution in [0.5, 0.6) is 0 Å². The lowest BCUT2D eigenvalue weighted by Crippen LogP contribution is -2.14. The Bertz CT molecular complexity index is 468. The monoisotopic (exact) mass is 280 g/mol. The van der Waals surface area contributed by atoms with Gasteiger partial charge in [0.05, 0.1) is 0 Å². The number of carbonyl (C=O) groups is 1. The smallest absolute Gasteiger partial charge is 0.269 e. The molecule has 1 rings (SSSR count). The number of aliphatic hydroxyl groups is 1. The largest absolute Gasteiger partial charge is 0.511 e. The van der Waals surface area contributed by atoms with Gasteiger partial charge in [0, 0.05) is 10.2 Å². The van der Waals surface area contributed by atoms with Crippen molar-refractivity contribution >= 4 is 27.5 Å². The van der Waals surface area contributed by atoms with E-state index in [0.29, 0.717) is 5.69 Å². The average Bonchev–Trinajstić information content (AvgIpc) is 2.22. The second kappa shape index (κ2) is 5.33. The molecule has 16 heavy (non-hydrogen) atoms. The van der Waals surface area contributed by atoms with Crippen LogP contribution in [0, 0.1) is 11.3 Å². The van der Waals surface area contributed by atoms with Crippen LogP contribution in [-0.4, -0.2) is 11.0 Å². The second-order valence-corrected chi connectivity index (χ2v) is 3.95. The molecule has 0 unspecified atom stereocenters. The summed E-state index contributed by atoms with van der Waals surface area (Å²) in [6.45, 7) is 1.29. The van der Waals surface area contributed by atoms with E-state index in [1.165, 1.54) is 6.92 Å². The Morgan fingerprint density at radius 2 is 2.00 bits per heavy atom. The van der Waals surface area contributed by atoms with Gasteiger partial charge in [0.25, 0.3) is 5.91 Å². The van der Waals surface area contributed by atoms with Crippen LogP contribution in [0.1, 0.15) is 6.92 Å². The van der Waals surface area contributed by atoms with Crippen molar-refractivity contribution < 1.29 is 9.90 Å². The topological polar surface area (TPSA) is 73.1 Å². The quantitative estimate of drug-likeness (QED) is 0.497. The predicted molar refractivity (Wildman–Crippen MR) is 63.7 cm³/mol. The Balaban J connectivity index is 2.84. The van der Waals surface area contributed by atoms with Gasteiger partial charge in [-0.25, -0.2) is 0 Å². The minimum absolute atomic E-state index is 0.289. The number of nitrogens with zero attached hydrogens (tertiary/aromatic N) is 1. The number of aliphatic hydroxyl groups excluding tert-OH is 1. The van der Waals surface area contributed by atoms with Gasteiger partial charge < -0.3 is 10.4 Å². The maximum atomic E-state index is 11.5. The number of allylic oxidation sites excluding steroid dienone is 1. The van der Waals surface area contributed by atoms with E-state index in [1.807, 2.05) is 0 Å². The Morgan fingerprint density at radius 1 is 1.44 bits per heavy atom. The maximum Gasteiger partial charge on any atom is 0.269 e. The number of carbonyl (C=O) groups excluding carboxylic acids is 1. The van der Waals surface area contributed by atoms with Gasteiger partial charge in [0.15, 0.2) is 5.57 Å². The third kappa shape index (κ3) is 3.11. The summed E-state index contributed by atoms with van der Waals surface area (Å²) in [6.07, 6.45) is 0. The summed E-state index contributed by atoms with van der Waals surface area (Å²) in [4.78, 5) is 11.5. The molecular formula is C11H9BrN2O2. The van der Waals surface area contributed by atoms with Gasteiger partial charge in [-0.15, -0.1) is 0 Å². The molecule has 0 radical (unpaired) electrons. The highest BCUT2D eigenvalue weighted by Gasteiger charge is 2.12. The number of nitriles is 1. The van der Waals surface area contributed by atoms with Crippen LogP contribution in [-0.2, 0) is 4.79 Å². The fourth-order valence-corrected chi connectivity index (χ4v) is 1.29. The molecule has 0 fully saturated rings. The molecule has 0 atom stereocenters. The predicted octanol–water partition coefficient (Wildman–Crippen LogP) is 2.74. The summed E-state index contributed by atoms with van der Waals surface area (Å²) in [6, 6.07) is 8.53. The number of hydrogen-bond acceptors (Lipinski definition) is 3. The average molecular weight is 281 g/mol. The Morgan fingerprint density at radius 3 is 2.44 bits per heavy atom. The number of nitrogens with one attached hydrogen (secondary N) is 1. The number of rotatable bonds is 2. The van der Waals surface area contributed by atoms with E-state index in [-0.39, 0.29) is 11.3 Å². The van der Waals surface area contributed by atoms with Crippen LogP contribution in [0.4, 0.5) is 5.69 Å². The Labute approximate surface area is 101 Å². The molecule has 0 spiro atoms. The van der Waals surface area contributed by atoms with Crippen molar-refractivity contribution in [1.82, 2.24) is 0 Å². The van der Waals surface area contributed by atoms with Crippen LogP contribution in [0.2, 0.25) is 0 Å². The van der Waals surface area contributed by atoms with Crippen molar-refractivity contribution in [3.63, 3.8) is 0 Å². The fourth-order valence-electron chi connectivity index (χ4n) is 1.02. The number of amides is 1. The van der Waals surface area contributed by atoms with E-state index in [0.717, 1.165) is 4.47 Å². The molecule has 1 aromatic carbocycles. The van der Waals surface area contributed by atoms with E-state index in [4.69, 9.17) is 10.4 Å². The molecule has 0 heterocycles. The normalized spacial score (nSPS) is 11.3. The van der Waals surface area contributed by atoms with E-state index in [1.54, 1.807) is 30.3 Å². The number of hydrogen-bond donors (Lipinski definition) is 2. The van der Waals surface area contributed by atoms with Gasteiger partial charge in [0.2, 0.25) is 0 Å². The van der Waals surface area contributed by atoms with Crippen LogP contribution >= 0.6 is 15.9 Å². The number of anilines is 1. The Hall–Kier alpha value is -1.80. The summed E-state index contributed by atoms with van der Waals surface area (Å²) < 4.78 is 0.889. The van der Waals surface area contributed by atoms with Gasteiger partial charge >= 0.3 is 0 Å². The van der Waals surface area contributed by atoms with Crippen LogP contribution in [0.25, 0.3) is 0 Å². The lowest BCUT2D eigenvalue weighted by Gasteiger charge is -2.04. The number of benzene rings is 1. The van der Waals surface area contributed by atoms with E-state index >= 15 is 0 Å². The first-order valence-corrected chi connectivity index (χ1v) is 5.20. The van der Waals surface area contributed by atoms with Crippen LogP contribution in [0.15, 0.2) is 40.1 Å². The third-order valence-electron chi connectivity index (χ3n) is 1.80. The van der Waals surface area contributed by atoms with Gasteiger partial charge in [0.1, 0.15) is 11.8 Å². The molecule has 0 bridgehead atoms. The zero-order valence-electron chi connectivity index (χ0n) is 8.49. The van der Waals surface area contributed by atoms with E-state index < -0.39 is 5.91 Å². The zero-order chi connectivity index (χ0) is 12.1. The van der Waals surface area contributed by atoms with Crippen molar-refractivity contribution in [3.05, 3.63) is 40.1 Å². The molecule has 82 valence electrons. The van der Waals surface area contributed by atoms with E-state index in [9.17, 15) is 4.79 Å². The summed E-state index contributed by atoms with van der Waals surface area (Å²) in [5.41, 5.74) is 0.269. The zero-order valence-corrected chi connectivity index (χ0v) is 10.1. The summed E-state index contributed by atoms with van der Waals surface area (Å²) >= 11 is 3.26. The fraction of sp³-hybridized carbons (Fsp3) is 0.0909. The highest BCUT2D eigenvalue weighted by atomic mass is 79.9.